The van der Waals surface area contributed by atoms with Gasteiger partial charge in [0.05, 0.1) is 11.2 Å². The molecule has 0 saturated heterocycles. The van der Waals surface area contributed by atoms with Crippen LogP contribution in [0.1, 0.15) is 104 Å². The number of hydrogen-bond donors (Lipinski definition) is 0. The van der Waals surface area contributed by atoms with Crippen LogP contribution in [0.15, 0.2) is 109 Å². The zero-order chi connectivity index (χ0) is 35.3. The van der Waals surface area contributed by atoms with Crippen molar-refractivity contribution in [2.24, 2.45) is 16.7 Å². The van der Waals surface area contributed by atoms with E-state index in [0.717, 1.165) is 35.5 Å². The number of hydrogen-bond acceptors (Lipinski definition) is 3. The van der Waals surface area contributed by atoms with Crippen LogP contribution in [0.25, 0.3) is 39.6 Å². The Labute approximate surface area is 294 Å². The van der Waals surface area contributed by atoms with Gasteiger partial charge >= 0.3 is 0 Å². The number of benzene rings is 2. The second-order valence-electron chi connectivity index (χ2n) is 15.0. The maximum absolute atomic E-state index is 5.17. The topological polar surface area (TPSA) is 43.6 Å². The molecule has 2 heterocycles. The summed E-state index contributed by atoms with van der Waals surface area (Å²) in [6.45, 7) is 21.9. The highest BCUT2D eigenvalue weighted by molar-refractivity contribution is 5.91. The van der Waals surface area contributed by atoms with Crippen molar-refractivity contribution in [3.8, 4) is 17.1 Å². The Bertz CT molecular complexity index is 1980. The highest BCUT2D eigenvalue weighted by Gasteiger charge is 2.24. The molecular weight excluding hydrogens is 597 g/mol. The lowest BCUT2D eigenvalue weighted by Crippen LogP contribution is -2.15. The van der Waals surface area contributed by atoms with Crippen molar-refractivity contribution < 1.29 is 0 Å². The lowest BCUT2D eigenvalue weighted by molar-refractivity contribution is 0.314. The molecule has 2 aliphatic carbocycles. The van der Waals surface area contributed by atoms with E-state index in [-0.39, 0.29) is 16.7 Å². The van der Waals surface area contributed by atoms with Crippen LogP contribution in [-0.4, -0.2) is 19.5 Å². The molecule has 6 rings (SSSR count). The average Bonchev–Trinajstić information content (AvgIpc) is 3.22. The molecule has 0 amide bonds. The van der Waals surface area contributed by atoms with Crippen LogP contribution in [0.4, 0.5) is 0 Å². The van der Waals surface area contributed by atoms with Gasteiger partial charge in [-0.25, -0.2) is 15.0 Å². The number of nitrogens with zero attached hydrogens (tertiary/aromatic N) is 4. The minimum absolute atomic E-state index is 0.0853. The highest BCUT2D eigenvalue weighted by Crippen LogP contribution is 2.36. The summed E-state index contributed by atoms with van der Waals surface area (Å²) in [6.07, 6.45) is 24.0. The van der Waals surface area contributed by atoms with Gasteiger partial charge in [-0.05, 0) is 71.9 Å². The Morgan fingerprint density at radius 1 is 0.918 bits per heavy atom. The van der Waals surface area contributed by atoms with Gasteiger partial charge in [-0.3, -0.25) is 0 Å². The molecule has 2 aliphatic rings. The van der Waals surface area contributed by atoms with Gasteiger partial charge in [0.2, 0.25) is 0 Å². The zero-order valence-electron chi connectivity index (χ0n) is 31.3. The van der Waals surface area contributed by atoms with Gasteiger partial charge in [0.1, 0.15) is 5.82 Å². The fourth-order valence-electron chi connectivity index (χ4n) is 6.21. The zero-order valence-corrected chi connectivity index (χ0v) is 31.3. The predicted octanol–water partition coefficient (Wildman–Crippen LogP) is 12.3. The van der Waals surface area contributed by atoms with Gasteiger partial charge < -0.3 is 4.57 Å². The Morgan fingerprint density at radius 3 is 2.39 bits per heavy atom. The number of para-hydroxylation sites is 1. The predicted molar refractivity (Wildman–Crippen MR) is 211 cm³/mol. The largest absolute Gasteiger partial charge is 0.310 e. The summed E-state index contributed by atoms with van der Waals surface area (Å²) >= 11 is 0. The van der Waals surface area contributed by atoms with Gasteiger partial charge in [-0.15, -0.1) is 0 Å². The molecule has 2 aromatic heterocycles. The van der Waals surface area contributed by atoms with Gasteiger partial charge in [0.15, 0.2) is 11.6 Å². The minimum Gasteiger partial charge on any atom is -0.310 e. The fourth-order valence-corrected chi connectivity index (χ4v) is 6.21. The SMILES string of the molecule is C/C=C(\C=C/C(C)C(C)(C)C)c1nc(-c2cccc(-n3c4c(c5ccccc53)CC=CC=C4)c2)nc([C@@H]2C=CC(C(C)(C)C)=CC2)n1.CC. The Kier molecular flexibility index (Phi) is 10.9. The van der Waals surface area contributed by atoms with E-state index in [0.29, 0.717) is 17.6 Å². The quantitative estimate of drug-likeness (QED) is 0.195. The van der Waals surface area contributed by atoms with E-state index < -0.39 is 0 Å². The molecule has 0 radical (unpaired) electrons. The number of rotatable bonds is 6. The van der Waals surface area contributed by atoms with Crippen molar-refractivity contribution in [3.63, 3.8) is 0 Å². The second kappa shape index (κ2) is 14.9. The lowest BCUT2D eigenvalue weighted by atomic mass is 9.81. The standard InChI is InChI=1S/C43H48N4.C2H6/c1-9-30(23-22-29(2)42(3,4)5)39-44-40(31-24-26-33(27-25-31)43(6,7)8)46-41(45-39)32-16-15-17-34(28-32)47-37-20-12-10-11-18-35(37)36-19-13-14-21-38(36)47;1-2/h9-17,19-24,26-29,31H,18,25H2,1-8H3;1-2H3/b23-22-,30-9+;/t29?,31-;/m1./s1. The molecule has 4 heteroatoms. The van der Waals surface area contributed by atoms with Crippen LogP contribution >= 0.6 is 0 Å². The van der Waals surface area contributed by atoms with Crippen molar-refractivity contribution in [1.82, 2.24) is 19.5 Å². The van der Waals surface area contributed by atoms with Crippen LogP contribution in [0.5, 0.6) is 0 Å². The summed E-state index contributed by atoms with van der Waals surface area (Å²) in [5.74, 6) is 2.70. The molecule has 0 aliphatic heterocycles. The molecule has 1 unspecified atom stereocenters. The molecular formula is C45H54N4. The van der Waals surface area contributed by atoms with Crippen molar-refractivity contribution in [3.05, 3.63) is 132 Å². The van der Waals surface area contributed by atoms with E-state index in [2.05, 4.69) is 169 Å². The Morgan fingerprint density at radius 2 is 1.69 bits per heavy atom. The van der Waals surface area contributed by atoms with E-state index in [1.807, 2.05) is 13.8 Å². The summed E-state index contributed by atoms with van der Waals surface area (Å²) in [6, 6.07) is 17.3. The fraction of sp³-hybridized carbons (Fsp3) is 0.356. The first-order valence-corrected chi connectivity index (χ1v) is 18.0. The molecule has 2 atom stereocenters. The van der Waals surface area contributed by atoms with Crippen molar-refractivity contribution >= 4 is 22.6 Å². The second-order valence-corrected chi connectivity index (χ2v) is 15.0. The van der Waals surface area contributed by atoms with Crippen LogP contribution in [-0.2, 0) is 6.42 Å². The third-order valence-electron chi connectivity index (χ3n) is 9.66. The summed E-state index contributed by atoms with van der Waals surface area (Å²) in [7, 11) is 0. The van der Waals surface area contributed by atoms with Gasteiger partial charge in [0.25, 0.3) is 0 Å². The van der Waals surface area contributed by atoms with Gasteiger partial charge in [-0.2, -0.15) is 0 Å². The molecule has 4 aromatic rings. The molecule has 254 valence electrons. The summed E-state index contributed by atoms with van der Waals surface area (Å²) in [5.41, 5.74) is 8.47. The molecule has 0 spiro atoms. The van der Waals surface area contributed by atoms with E-state index in [1.54, 1.807) is 0 Å². The normalized spacial score (nSPS) is 17.1. The number of allylic oxidation sites excluding steroid dienone is 11. The molecule has 0 saturated carbocycles. The molecule has 2 aromatic carbocycles. The molecule has 0 N–H and O–H groups in total. The lowest BCUT2D eigenvalue weighted by Gasteiger charge is -2.25. The summed E-state index contributed by atoms with van der Waals surface area (Å²) in [5, 5.41) is 1.29. The van der Waals surface area contributed by atoms with Crippen LogP contribution in [0.2, 0.25) is 0 Å². The first-order chi connectivity index (χ1) is 23.4. The van der Waals surface area contributed by atoms with Crippen LogP contribution < -0.4 is 0 Å². The summed E-state index contributed by atoms with van der Waals surface area (Å²) < 4.78 is 2.37. The van der Waals surface area contributed by atoms with E-state index in [1.165, 1.54) is 27.7 Å². The van der Waals surface area contributed by atoms with Crippen LogP contribution in [0.3, 0.4) is 0 Å². The third kappa shape index (κ3) is 7.85. The average molecular weight is 651 g/mol. The van der Waals surface area contributed by atoms with Crippen molar-refractivity contribution in [1.29, 1.82) is 0 Å². The van der Waals surface area contributed by atoms with E-state index in [4.69, 9.17) is 15.0 Å². The molecule has 0 bridgehead atoms. The summed E-state index contributed by atoms with van der Waals surface area (Å²) in [4.78, 5) is 15.4. The van der Waals surface area contributed by atoms with Crippen molar-refractivity contribution in [2.45, 2.75) is 88.0 Å². The molecule has 0 fully saturated rings. The van der Waals surface area contributed by atoms with Crippen molar-refractivity contribution in [2.75, 3.05) is 0 Å². The maximum Gasteiger partial charge on any atom is 0.163 e. The van der Waals surface area contributed by atoms with Crippen LogP contribution in [0, 0.1) is 16.7 Å². The smallest absolute Gasteiger partial charge is 0.163 e. The van der Waals surface area contributed by atoms with Gasteiger partial charge in [0, 0.05) is 28.1 Å². The number of aromatic nitrogens is 4. The minimum atomic E-state index is 0.0853. The third-order valence-corrected chi connectivity index (χ3v) is 9.66. The maximum atomic E-state index is 5.17. The first-order valence-electron chi connectivity index (χ1n) is 18.0. The first kappa shape index (κ1) is 35.7. The molecule has 4 nitrogen and oxygen atoms in total. The molecule has 49 heavy (non-hydrogen) atoms. The number of fused-ring (bicyclic) bond motifs is 3. The Hall–Kier alpha value is -4.57. The Balaban J connectivity index is 0.00000230. The van der Waals surface area contributed by atoms with E-state index >= 15 is 0 Å². The monoisotopic (exact) mass is 650 g/mol. The highest BCUT2D eigenvalue weighted by atomic mass is 15.0. The van der Waals surface area contributed by atoms with Gasteiger partial charge in [-0.1, -0.05) is 147 Å². The van der Waals surface area contributed by atoms with E-state index in [9.17, 15) is 0 Å².